The standard InChI is InChI=1S/C21H16ClNO5/c22-17-10-8-15(9-11-17)13-27-20-7-2-1-6-19(20)21(24)28-14-16-4-3-5-18(12-16)23(25)26/h1-12H,13-14H2. The third-order valence-electron chi connectivity index (χ3n) is 3.91. The lowest BCUT2D eigenvalue weighted by Crippen LogP contribution is -2.08. The number of carbonyl (C=O) groups is 1. The minimum Gasteiger partial charge on any atom is -0.488 e. The summed E-state index contributed by atoms with van der Waals surface area (Å²) >= 11 is 5.87. The molecule has 6 nitrogen and oxygen atoms in total. The molecule has 0 saturated heterocycles. The van der Waals surface area contributed by atoms with Crippen molar-refractivity contribution < 1.29 is 19.2 Å². The van der Waals surface area contributed by atoms with Gasteiger partial charge in [0.2, 0.25) is 0 Å². The second kappa shape index (κ2) is 9.01. The van der Waals surface area contributed by atoms with Crippen molar-refractivity contribution in [1.29, 1.82) is 0 Å². The fourth-order valence-corrected chi connectivity index (χ4v) is 2.62. The van der Waals surface area contributed by atoms with Gasteiger partial charge in [-0.05, 0) is 35.4 Å². The smallest absolute Gasteiger partial charge is 0.342 e. The molecule has 3 aromatic rings. The minimum atomic E-state index is -0.571. The predicted octanol–water partition coefficient (Wildman–Crippen LogP) is 5.18. The van der Waals surface area contributed by atoms with Crippen LogP contribution in [0.3, 0.4) is 0 Å². The van der Waals surface area contributed by atoms with Gasteiger partial charge in [0.05, 0.1) is 4.92 Å². The number of hydrogen-bond acceptors (Lipinski definition) is 5. The Bertz CT molecular complexity index is 988. The Kier molecular flexibility index (Phi) is 6.24. The quantitative estimate of drug-likeness (QED) is 0.311. The molecule has 142 valence electrons. The van der Waals surface area contributed by atoms with Gasteiger partial charge in [-0.2, -0.15) is 0 Å². The molecule has 0 saturated carbocycles. The molecule has 0 atom stereocenters. The van der Waals surface area contributed by atoms with Crippen LogP contribution in [-0.4, -0.2) is 10.9 Å². The van der Waals surface area contributed by atoms with E-state index in [2.05, 4.69) is 0 Å². The highest BCUT2D eigenvalue weighted by Gasteiger charge is 2.15. The zero-order valence-corrected chi connectivity index (χ0v) is 15.5. The molecule has 7 heteroatoms. The number of hydrogen-bond donors (Lipinski definition) is 0. The Morgan fingerprint density at radius 1 is 0.929 bits per heavy atom. The van der Waals surface area contributed by atoms with Crippen LogP contribution < -0.4 is 4.74 Å². The molecule has 0 radical (unpaired) electrons. The highest BCUT2D eigenvalue weighted by Crippen LogP contribution is 2.22. The molecule has 0 fully saturated rings. The molecule has 3 rings (SSSR count). The van der Waals surface area contributed by atoms with Gasteiger partial charge in [0.25, 0.3) is 5.69 Å². The lowest BCUT2D eigenvalue weighted by atomic mass is 10.2. The topological polar surface area (TPSA) is 78.7 Å². The maximum atomic E-state index is 12.5. The summed E-state index contributed by atoms with van der Waals surface area (Å²) in [7, 11) is 0. The van der Waals surface area contributed by atoms with E-state index in [1.807, 2.05) is 12.1 Å². The van der Waals surface area contributed by atoms with E-state index in [1.54, 1.807) is 48.5 Å². The van der Waals surface area contributed by atoms with Crippen LogP contribution in [0.2, 0.25) is 5.02 Å². The van der Waals surface area contributed by atoms with E-state index in [9.17, 15) is 14.9 Å². The summed E-state index contributed by atoms with van der Waals surface area (Å²) in [4.78, 5) is 22.8. The normalized spacial score (nSPS) is 10.3. The monoisotopic (exact) mass is 397 g/mol. The first-order chi connectivity index (χ1) is 13.5. The summed E-state index contributed by atoms with van der Waals surface area (Å²) in [5, 5.41) is 11.5. The van der Waals surface area contributed by atoms with Gasteiger partial charge in [-0.25, -0.2) is 4.79 Å². The van der Waals surface area contributed by atoms with Crippen molar-refractivity contribution >= 4 is 23.3 Å². The van der Waals surface area contributed by atoms with Crippen molar-refractivity contribution in [2.75, 3.05) is 0 Å². The number of nitro groups is 1. The average Bonchev–Trinajstić information content (AvgIpc) is 2.72. The van der Waals surface area contributed by atoms with Crippen molar-refractivity contribution in [2.24, 2.45) is 0 Å². The van der Waals surface area contributed by atoms with Crippen LogP contribution in [0.4, 0.5) is 5.69 Å². The highest BCUT2D eigenvalue weighted by atomic mass is 35.5. The van der Waals surface area contributed by atoms with Crippen LogP contribution >= 0.6 is 11.6 Å². The number of nitro benzene ring substituents is 1. The van der Waals surface area contributed by atoms with E-state index in [-0.39, 0.29) is 24.5 Å². The number of benzene rings is 3. The van der Waals surface area contributed by atoms with Crippen molar-refractivity contribution in [2.45, 2.75) is 13.2 Å². The summed E-state index contributed by atoms with van der Waals surface area (Å²) in [6.07, 6.45) is 0. The van der Waals surface area contributed by atoms with Crippen LogP contribution in [0.25, 0.3) is 0 Å². The summed E-state index contributed by atoms with van der Waals surface area (Å²) in [5.41, 5.74) is 1.66. The molecule has 0 aliphatic heterocycles. The number of non-ortho nitro benzene ring substituents is 1. The van der Waals surface area contributed by atoms with Gasteiger partial charge in [0, 0.05) is 17.2 Å². The lowest BCUT2D eigenvalue weighted by Gasteiger charge is -2.11. The third-order valence-corrected chi connectivity index (χ3v) is 4.16. The second-order valence-electron chi connectivity index (χ2n) is 5.91. The van der Waals surface area contributed by atoms with Crippen LogP contribution in [0.5, 0.6) is 5.75 Å². The number of ether oxygens (including phenoxy) is 2. The maximum absolute atomic E-state index is 12.5. The van der Waals surface area contributed by atoms with E-state index >= 15 is 0 Å². The Labute approximate surface area is 166 Å². The van der Waals surface area contributed by atoms with E-state index < -0.39 is 10.9 Å². The first-order valence-corrected chi connectivity index (χ1v) is 8.77. The van der Waals surface area contributed by atoms with Crippen LogP contribution in [0.1, 0.15) is 21.5 Å². The first-order valence-electron chi connectivity index (χ1n) is 8.39. The number of esters is 1. The molecule has 3 aromatic carbocycles. The van der Waals surface area contributed by atoms with E-state index in [1.165, 1.54) is 12.1 Å². The summed E-state index contributed by atoms with van der Waals surface area (Å²) < 4.78 is 11.1. The largest absolute Gasteiger partial charge is 0.488 e. The molecule has 28 heavy (non-hydrogen) atoms. The molecule has 0 aromatic heterocycles. The van der Waals surface area contributed by atoms with Gasteiger partial charge in [-0.15, -0.1) is 0 Å². The predicted molar refractivity (Wildman–Crippen MR) is 104 cm³/mol. The second-order valence-corrected chi connectivity index (χ2v) is 6.35. The van der Waals surface area contributed by atoms with E-state index in [0.29, 0.717) is 16.3 Å². The SMILES string of the molecule is O=C(OCc1cccc([N+](=O)[O-])c1)c1ccccc1OCc1ccc(Cl)cc1. The molecule has 0 aliphatic carbocycles. The van der Waals surface area contributed by atoms with Gasteiger partial charge in [0.1, 0.15) is 24.5 Å². The molecular formula is C21H16ClNO5. The summed E-state index contributed by atoms with van der Waals surface area (Å²) in [5.74, 6) is -0.181. The summed E-state index contributed by atoms with van der Waals surface area (Å²) in [6, 6.07) is 19.9. The average molecular weight is 398 g/mol. The number of para-hydroxylation sites is 1. The fraction of sp³-hybridized carbons (Fsp3) is 0.0952. The highest BCUT2D eigenvalue weighted by molar-refractivity contribution is 6.30. The first kappa shape index (κ1) is 19.4. The van der Waals surface area contributed by atoms with Crippen molar-refractivity contribution in [3.8, 4) is 5.75 Å². The van der Waals surface area contributed by atoms with E-state index in [4.69, 9.17) is 21.1 Å². The third kappa shape index (κ3) is 5.08. The Hall–Kier alpha value is -3.38. The van der Waals surface area contributed by atoms with Crippen molar-refractivity contribution in [3.05, 3.63) is 105 Å². The fourth-order valence-electron chi connectivity index (χ4n) is 2.49. The molecule has 0 N–H and O–H groups in total. The number of nitrogens with zero attached hydrogens (tertiary/aromatic N) is 1. The minimum absolute atomic E-state index is 0.0553. The number of carbonyl (C=O) groups excluding carboxylic acids is 1. The molecular weight excluding hydrogens is 382 g/mol. The molecule has 0 aliphatic rings. The molecule has 0 heterocycles. The Balaban J connectivity index is 1.66. The Morgan fingerprint density at radius 3 is 2.43 bits per heavy atom. The molecule has 0 unspecified atom stereocenters. The van der Waals surface area contributed by atoms with Gasteiger partial charge in [-0.1, -0.05) is 48.0 Å². The lowest BCUT2D eigenvalue weighted by molar-refractivity contribution is -0.384. The molecule has 0 bridgehead atoms. The zero-order chi connectivity index (χ0) is 19.9. The molecule has 0 spiro atoms. The van der Waals surface area contributed by atoms with Gasteiger partial charge >= 0.3 is 5.97 Å². The number of rotatable bonds is 7. The zero-order valence-electron chi connectivity index (χ0n) is 14.7. The number of halogens is 1. The van der Waals surface area contributed by atoms with Crippen molar-refractivity contribution in [1.82, 2.24) is 0 Å². The van der Waals surface area contributed by atoms with Crippen LogP contribution in [0, 0.1) is 10.1 Å². The van der Waals surface area contributed by atoms with Gasteiger partial charge in [-0.3, -0.25) is 10.1 Å². The van der Waals surface area contributed by atoms with E-state index in [0.717, 1.165) is 5.56 Å². The summed E-state index contributed by atoms with van der Waals surface area (Å²) in [6.45, 7) is 0.193. The Morgan fingerprint density at radius 2 is 1.68 bits per heavy atom. The van der Waals surface area contributed by atoms with Crippen molar-refractivity contribution in [3.63, 3.8) is 0 Å². The van der Waals surface area contributed by atoms with Crippen LogP contribution in [0.15, 0.2) is 72.8 Å². The van der Waals surface area contributed by atoms with Crippen LogP contribution in [-0.2, 0) is 18.0 Å². The van der Waals surface area contributed by atoms with Gasteiger partial charge < -0.3 is 9.47 Å². The maximum Gasteiger partial charge on any atom is 0.342 e. The molecule has 0 amide bonds. The van der Waals surface area contributed by atoms with Gasteiger partial charge in [0.15, 0.2) is 0 Å².